The molecule has 0 saturated heterocycles. The van der Waals surface area contributed by atoms with E-state index in [1.807, 2.05) is 47.3 Å². The van der Waals surface area contributed by atoms with Crippen LogP contribution in [0.25, 0.3) is 16.9 Å². The third kappa shape index (κ3) is 3.16. The number of carbonyl (C=O) groups is 1. The molecule has 2 aromatic heterocycles. The second-order valence-corrected chi connectivity index (χ2v) is 5.88. The maximum absolute atomic E-state index is 11.0. The van der Waals surface area contributed by atoms with Crippen LogP contribution in [-0.4, -0.2) is 20.7 Å². The van der Waals surface area contributed by atoms with Crippen molar-refractivity contribution in [3.63, 3.8) is 0 Å². The van der Waals surface area contributed by atoms with Gasteiger partial charge in [0.05, 0.1) is 9.26 Å². The van der Waals surface area contributed by atoms with E-state index in [9.17, 15) is 4.79 Å². The summed E-state index contributed by atoms with van der Waals surface area (Å²) in [5.41, 5.74) is 2.79. The number of halogens is 1. The molecule has 0 fully saturated rings. The number of hydrogen-bond donors (Lipinski definition) is 1. The molecule has 5 nitrogen and oxygen atoms in total. The first-order chi connectivity index (χ1) is 10.6. The average molecular weight is 404 g/mol. The molecule has 1 N–H and O–H groups in total. The van der Waals surface area contributed by atoms with Gasteiger partial charge in [-0.15, -0.1) is 0 Å². The Bertz CT molecular complexity index is 797. The fourth-order valence-electron chi connectivity index (χ4n) is 2.05. The first-order valence-electron chi connectivity index (χ1n) is 6.68. The first kappa shape index (κ1) is 14.7. The van der Waals surface area contributed by atoms with Gasteiger partial charge >= 0.3 is 0 Å². The van der Waals surface area contributed by atoms with E-state index in [-0.39, 0.29) is 5.91 Å². The van der Waals surface area contributed by atoms with Crippen LogP contribution in [0.1, 0.15) is 6.92 Å². The number of nitrogens with one attached hydrogen (secondary N) is 1. The Kier molecular flexibility index (Phi) is 4.19. The lowest BCUT2D eigenvalue weighted by Gasteiger charge is -2.02. The number of benzene rings is 1. The molecule has 0 aliphatic heterocycles. The van der Waals surface area contributed by atoms with Gasteiger partial charge in [0.25, 0.3) is 0 Å². The Morgan fingerprint density at radius 1 is 1.18 bits per heavy atom. The van der Waals surface area contributed by atoms with Crippen molar-refractivity contribution < 1.29 is 4.79 Å². The van der Waals surface area contributed by atoms with E-state index in [0.29, 0.717) is 5.82 Å². The summed E-state index contributed by atoms with van der Waals surface area (Å²) in [7, 11) is 0. The average Bonchev–Trinajstić information content (AvgIpc) is 2.90. The quantitative estimate of drug-likeness (QED) is 0.680. The van der Waals surface area contributed by atoms with E-state index >= 15 is 0 Å². The van der Waals surface area contributed by atoms with Crippen molar-refractivity contribution in [2.24, 2.45) is 0 Å². The fourth-order valence-corrected chi connectivity index (χ4v) is 2.73. The van der Waals surface area contributed by atoms with Crippen LogP contribution in [0.5, 0.6) is 0 Å². The maximum Gasteiger partial charge on any atom is 0.222 e. The lowest BCUT2D eigenvalue weighted by molar-refractivity contribution is -0.114. The fraction of sp³-hybridized carbons (Fsp3) is 0.0625. The Morgan fingerprint density at radius 3 is 2.59 bits per heavy atom. The Balaban J connectivity index is 1.92. The van der Waals surface area contributed by atoms with Gasteiger partial charge in [-0.1, -0.05) is 18.2 Å². The van der Waals surface area contributed by atoms with Crippen molar-refractivity contribution in [3.05, 3.63) is 58.4 Å². The summed E-state index contributed by atoms with van der Waals surface area (Å²) in [4.78, 5) is 15.2. The van der Waals surface area contributed by atoms with Gasteiger partial charge in [-0.05, 0) is 46.9 Å². The molecule has 2 heterocycles. The minimum absolute atomic E-state index is 0.136. The van der Waals surface area contributed by atoms with Gasteiger partial charge in [0.2, 0.25) is 5.91 Å². The normalized spacial score (nSPS) is 10.5. The highest BCUT2D eigenvalue weighted by molar-refractivity contribution is 14.1. The molecule has 0 unspecified atom stereocenters. The summed E-state index contributed by atoms with van der Waals surface area (Å²) in [6, 6.07) is 13.6. The summed E-state index contributed by atoms with van der Waals surface area (Å²) in [6.07, 6.45) is 3.69. The molecular weight excluding hydrogens is 391 g/mol. The third-order valence-electron chi connectivity index (χ3n) is 3.03. The zero-order chi connectivity index (χ0) is 15.5. The summed E-state index contributed by atoms with van der Waals surface area (Å²) < 4.78 is 2.88. The topological polar surface area (TPSA) is 59.8 Å². The van der Waals surface area contributed by atoms with Crippen LogP contribution in [0.15, 0.2) is 54.9 Å². The van der Waals surface area contributed by atoms with Crippen LogP contribution in [0.4, 0.5) is 5.82 Å². The van der Waals surface area contributed by atoms with Gasteiger partial charge in [-0.3, -0.25) is 4.79 Å². The Hall–Kier alpha value is -2.22. The van der Waals surface area contributed by atoms with E-state index < -0.39 is 0 Å². The molecular formula is C16H13IN4O. The van der Waals surface area contributed by atoms with Gasteiger partial charge in [-0.2, -0.15) is 5.10 Å². The number of nitrogens with zero attached hydrogens (tertiary/aromatic N) is 3. The molecule has 3 rings (SSSR count). The first-order valence-corrected chi connectivity index (χ1v) is 7.76. The number of para-hydroxylation sites is 1. The van der Waals surface area contributed by atoms with Crippen molar-refractivity contribution in [1.82, 2.24) is 14.8 Å². The number of hydrogen-bond acceptors (Lipinski definition) is 3. The minimum atomic E-state index is -0.136. The number of aromatic nitrogens is 3. The summed E-state index contributed by atoms with van der Waals surface area (Å²) in [5.74, 6) is 0.400. The SMILES string of the molecule is CC(=O)Nc1ccc(-c2nn(-c3ccccc3)cc2I)cn1. The lowest BCUT2D eigenvalue weighted by Crippen LogP contribution is -2.07. The zero-order valence-corrected chi connectivity index (χ0v) is 14.0. The summed E-state index contributed by atoms with van der Waals surface area (Å²) >= 11 is 2.26. The van der Waals surface area contributed by atoms with E-state index in [4.69, 9.17) is 0 Å². The third-order valence-corrected chi connectivity index (χ3v) is 3.82. The van der Waals surface area contributed by atoms with Crippen LogP contribution in [0.3, 0.4) is 0 Å². The van der Waals surface area contributed by atoms with Crippen molar-refractivity contribution in [1.29, 1.82) is 0 Å². The number of amides is 1. The molecule has 0 aliphatic carbocycles. The van der Waals surface area contributed by atoms with Gasteiger partial charge < -0.3 is 5.32 Å². The smallest absolute Gasteiger partial charge is 0.222 e. The molecule has 0 radical (unpaired) electrons. The number of anilines is 1. The van der Waals surface area contributed by atoms with Crippen LogP contribution < -0.4 is 5.32 Å². The number of carbonyl (C=O) groups excluding carboxylic acids is 1. The molecule has 6 heteroatoms. The van der Waals surface area contributed by atoms with Crippen LogP contribution in [-0.2, 0) is 4.79 Å². The van der Waals surface area contributed by atoms with Crippen LogP contribution >= 0.6 is 22.6 Å². The highest BCUT2D eigenvalue weighted by atomic mass is 127. The van der Waals surface area contributed by atoms with Crippen molar-refractivity contribution in [2.45, 2.75) is 6.92 Å². The van der Waals surface area contributed by atoms with Gasteiger partial charge in [0, 0.05) is 24.9 Å². The highest BCUT2D eigenvalue weighted by Gasteiger charge is 2.10. The monoisotopic (exact) mass is 404 g/mol. The number of pyridine rings is 1. The van der Waals surface area contributed by atoms with E-state index in [1.165, 1.54) is 6.92 Å². The molecule has 22 heavy (non-hydrogen) atoms. The molecule has 1 amide bonds. The predicted octanol–water partition coefficient (Wildman–Crippen LogP) is 3.50. The molecule has 0 spiro atoms. The van der Waals surface area contributed by atoms with Gasteiger partial charge in [0.15, 0.2) is 0 Å². The minimum Gasteiger partial charge on any atom is -0.311 e. The van der Waals surface area contributed by atoms with Crippen molar-refractivity contribution in [3.8, 4) is 16.9 Å². The second kappa shape index (κ2) is 6.27. The zero-order valence-electron chi connectivity index (χ0n) is 11.8. The predicted molar refractivity (Wildman–Crippen MR) is 93.8 cm³/mol. The molecule has 0 atom stereocenters. The molecule has 110 valence electrons. The van der Waals surface area contributed by atoms with Crippen LogP contribution in [0, 0.1) is 3.57 Å². The van der Waals surface area contributed by atoms with Crippen molar-refractivity contribution in [2.75, 3.05) is 5.32 Å². The summed E-state index contributed by atoms with van der Waals surface area (Å²) in [6.45, 7) is 1.46. The molecule has 0 bridgehead atoms. The van der Waals surface area contributed by atoms with Gasteiger partial charge in [-0.25, -0.2) is 9.67 Å². The standard InChI is InChI=1S/C16H13IN4O/c1-11(22)19-15-8-7-12(9-18-15)16-14(17)10-21(20-16)13-5-3-2-4-6-13/h2-10H,1H3,(H,18,19,22). The second-order valence-electron chi connectivity index (χ2n) is 4.72. The Morgan fingerprint density at radius 2 is 1.95 bits per heavy atom. The van der Waals surface area contributed by atoms with Gasteiger partial charge in [0.1, 0.15) is 11.5 Å². The molecule has 0 aliphatic rings. The van der Waals surface area contributed by atoms with Crippen LogP contribution in [0.2, 0.25) is 0 Å². The summed E-state index contributed by atoms with van der Waals surface area (Å²) in [5, 5.41) is 7.27. The maximum atomic E-state index is 11.0. The number of rotatable bonds is 3. The highest BCUT2D eigenvalue weighted by Crippen LogP contribution is 2.25. The van der Waals surface area contributed by atoms with E-state index in [1.54, 1.807) is 12.3 Å². The van der Waals surface area contributed by atoms with E-state index in [2.05, 4.69) is 38.0 Å². The largest absolute Gasteiger partial charge is 0.311 e. The van der Waals surface area contributed by atoms with E-state index in [0.717, 1.165) is 20.5 Å². The lowest BCUT2D eigenvalue weighted by atomic mass is 10.2. The molecule has 1 aromatic carbocycles. The Labute approximate surface area is 141 Å². The molecule has 3 aromatic rings. The molecule has 0 saturated carbocycles. The van der Waals surface area contributed by atoms with Crippen molar-refractivity contribution >= 4 is 34.3 Å².